The summed E-state index contributed by atoms with van der Waals surface area (Å²) in [5.74, 6) is 1.78. The number of nitrogens with one attached hydrogen (secondary N) is 2. The average Bonchev–Trinajstić information content (AvgIpc) is 2.55. The molecule has 0 spiro atoms. The summed E-state index contributed by atoms with van der Waals surface area (Å²) in [6, 6.07) is 11.5. The molecule has 1 saturated heterocycles. The van der Waals surface area contributed by atoms with Crippen molar-refractivity contribution in [1.82, 2.24) is 15.3 Å². The van der Waals surface area contributed by atoms with Crippen molar-refractivity contribution in [3.63, 3.8) is 0 Å². The number of amides is 2. The number of piperidine rings is 1. The van der Waals surface area contributed by atoms with Gasteiger partial charge in [-0.05, 0) is 38.8 Å². The van der Waals surface area contributed by atoms with Gasteiger partial charge >= 0.3 is 6.03 Å². The van der Waals surface area contributed by atoms with Crippen LogP contribution in [0.1, 0.15) is 24.4 Å². The molecule has 1 aromatic carbocycles. The number of aryl methyl sites for hydroxylation is 2. The van der Waals surface area contributed by atoms with Crippen molar-refractivity contribution < 1.29 is 4.79 Å². The van der Waals surface area contributed by atoms with Gasteiger partial charge in [0.15, 0.2) is 0 Å². The molecular weight excluding hydrogens is 302 g/mol. The molecule has 1 aliphatic heterocycles. The molecule has 2 N–H and O–H groups in total. The van der Waals surface area contributed by atoms with Gasteiger partial charge < -0.3 is 15.5 Å². The summed E-state index contributed by atoms with van der Waals surface area (Å²) >= 11 is 0. The lowest BCUT2D eigenvalue weighted by molar-refractivity contribution is 0.246. The van der Waals surface area contributed by atoms with Crippen LogP contribution >= 0.6 is 0 Å². The molecule has 1 aliphatic rings. The second-order valence-electron chi connectivity index (χ2n) is 6.14. The second kappa shape index (κ2) is 7.29. The summed E-state index contributed by atoms with van der Waals surface area (Å²) in [5.41, 5.74) is 1.79. The first kappa shape index (κ1) is 16.2. The molecule has 3 rings (SSSR count). The Labute approximate surface area is 142 Å². The first-order chi connectivity index (χ1) is 11.6. The molecule has 0 atom stereocenters. The van der Waals surface area contributed by atoms with Crippen molar-refractivity contribution in [2.45, 2.75) is 32.7 Å². The summed E-state index contributed by atoms with van der Waals surface area (Å²) in [5, 5.41) is 5.92. The van der Waals surface area contributed by atoms with Crippen LogP contribution in [0, 0.1) is 13.8 Å². The molecular formula is C18H23N5O. The third-order valence-electron chi connectivity index (χ3n) is 4.14. The highest BCUT2D eigenvalue weighted by atomic mass is 16.2. The largest absolute Gasteiger partial charge is 0.356 e. The van der Waals surface area contributed by atoms with Crippen molar-refractivity contribution >= 4 is 17.5 Å². The smallest absolute Gasteiger partial charge is 0.319 e. The van der Waals surface area contributed by atoms with E-state index in [4.69, 9.17) is 0 Å². The zero-order valence-electron chi connectivity index (χ0n) is 14.1. The number of carbonyl (C=O) groups is 1. The Morgan fingerprint density at radius 3 is 2.50 bits per heavy atom. The van der Waals surface area contributed by atoms with Crippen molar-refractivity contribution in [1.29, 1.82) is 0 Å². The molecule has 0 unspecified atom stereocenters. The van der Waals surface area contributed by atoms with E-state index in [2.05, 4.69) is 25.5 Å². The van der Waals surface area contributed by atoms with Crippen LogP contribution < -0.4 is 15.5 Å². The first-order valence-electron chi connectivity index (χ1n) is 8.30. The van der Waals surface area contributed by atoms with Gasteiger partial charge in [0.05, 0.1) is 0 Å². The van der Waals surface area contributed by atoms with Crippen molar-refractivity contribution in [3.05, 3.63) is 47.9 Å². The molecule has 24 heavy (non-hydrogen) atoms. The molecule has 1 aromatic heterocycles. The summed E-state index contributed by atoms with van der Waals surface area (Å²) in [6.07, 6.45) is 1.81. The van der Waals surface area contributed by atoms with Crippen molar-refractivity contribution in [2.24, 2.45) is 0 Å². The van der Waals surface area contributed by atoms with Crippen LogP contribution in [0.25, 0.3) is 0 Å². The summed E-state index contributed by atoms with van der Waals surface area (Å²) in [4.78, 5) is 23.2. The van der Waals surface area contributed by atoms with Crippen LogP contribution in [0.4, 0.5) is 16.3 Å². The van der Waals surface area contributed by atoms with Gasteiger partial charge in [-0.3, -0.25) is 0 Å². The minimum absolute atomic E-state index is 0.145. The molecule has 1 fully saturated rings. The van der Waals surface area contributed by atoms with E-state index in [0.717, 1.165) is 49.0 Å². The molecule has 2 aromatic rings. The summed E-state index contributed by atoms with van der Waals surface area (Å²) < 4.78 is 0. The number of aromatic nitrogens is 2. The predicted octanol–water partition coefficient (Wildman–Crippen LogP) is 2.88. The Bertz CT molecular complexity index is 676. The monoisotopic (exact) mass is 325 g/mol. The summed E-state index contributed by atoms with van der Waals surface area (Å²) in [6.45, 7) is 5.66. The van der Waals surface area contributed by atoms with Gasteiger partial charge in [0.1, 0.15) is 11.6 Å². The molecule has 0 bridgehead atoms. The maximum absolute atomic E-state index is 12.1. The minimum atomic E-state index is -0.145. The van der Waals surface area contributed by atoms with Gasteiger partial charge in [0.25, 0.3) is 0 Å². The second-order valence-corrected chi connectivity index (χ2v) is 6.14. The van der Waals surface area contributed by atoms with Gasteiger partial charge in [-0.15, -0.1) is 0 Å². The predicted molar refractivity (Wildman–Crippen MR) is 95.3 cm³/mol. The molecule has 2 amide bonds. The number of benzene rings is 1. The topological polar surface area (TPSA) is 70.2 Å². The van der Waals surface area contributed by atoms with E-state index in [9.17, 15) is 4.79 Å². The van der Waals surface area contributed by atoms with Crippen LogP contribution in [0.3, 0.4) is 0 Å². The van der Waals surface area contributed by atoms with Gasteiger partial charge in [0.2, 0.25) is 0 Å². The fraction of sp³-hybridized carbons (Fsp3) is 0.389. The number of anilines is 2. The van der Waals surface area contributed by atoms with Crippen LogP contribution in [0.2, 0.25) is 0 Å². The molecule has 0 aliphatic carbocycles. The third-order valence-corrected chi connectivity index (χ3v) is 4.14. The van der Waals surface area contributed by atoms with Gasteiger partial charge in [-0.1, -0.05) is 18.2 Å². The molecule has 0 radical (unpaired) electrons. The standard InChI is InChI=1S/C18H23N5O/c1-13-12-17(20-14(2)19-13)23-10-8-16(9-11-23)22-18(24)21-15-6-4-3-5-7-15/h3-7,12,16H,8-11H2,1-2H3,(H2,21,22,24). The third kappa shape index (κ3) is 4.22. The molecule has 6 nitrogen and oxygen atoms in total. The molecule has 0 saturated carbocycles. The van der Waals surface area contributed by atoms with Crippen LogP contribution in [0.5, 0.6) is 0 Å². The van der Waals surface area contributed by atoms with E-state index in [1.807, 2.05) is 50.2 Å². The minimum Gasteiger partial charge on any atom is -0.356 e. The Hall–Kier alpha value is -2.63. The van der Waals surface area contributed by atoms with E-state index in [1.54, 1.807) is 0 Å². The number of nitrogens with zero attached hydrogens (tertiary/aromatic N) is 3. The van der Waals surface area contributed by atoms with E-state index < -0.39 is 0 Å². The van der Waals surface area contributed by atoms with Crippen LogP contribution in [0.15, 0.2) is 36.4 Å². The highest BCUT2D eigenvalue weighted by molar-refractivity contribution is 5.89. The van der Waals surface area contributed by atoms with Gasteiger partial charge in [0, 0.05) is 36.6 Å². The maximum Gasteiger partial charge on any atom is 0.319 e. The Morgan fingerprint density at radius 1 is 1.12 bits per heavy atom. The summed E-state index contributed by atoms with van der Waals surface area (Å²) in [7, 11) is 0. The highest BCUT2D eigenvalue weighted by Crippen LogP contribution is 2.19. The Kier molecular flexibility index (Phi) is 4.93. The fourth-order valence-corrected chi connectivity index (χ4v) is 2.99. The fourth-order valence-electron chi connectivity index (χ4n) is 2.99. The quantitative estimate of drug-likeness (QED) is 0.910. The number of hydrogen-bond acceptors (Lipinski definition) is 4. The zero-order valence-corrected chi connectivity index (χ0v) is 14.1. The van der Waals surface area contributed by atoms with Gasteiger partial charge in [-0.25, -0.2) is 14.8 Å². The van der Waals surface area contributed by atoms with E-state index >= 15 is 0 Å². The van der Waals surface area contributed by atoms with Crippen molar-refractivity contribution in [2.75, 3.05) is 23.3 Å². The molecule has 2 heterocycles. The number of hydrogen-bond donors (Lipinski definition) is 2. The van der Waals surface area contributed by atoms with E-state index in [-0.39, 0.29) is 12.1 Å². The Morgan fingerprint density at radius 2 is 1.83 bits per heavy atom. The first-order valence-corrected chi connectivity index (χ1v) is 8.30. The van der Waals surface area contributed by atoms with E-state index in [1.165, 1.54) is 0 Å². The zero-order chi connectivity index (χ0) is 16.9. The Balaban J connectivity index is 1.51. The number of rotatable bonds is 3. The maximum atomic E-state index is 12.1. The lowest BCUT2D eigenvalue weighted by Gasteiger charge is -2.33. The van der Waals surface area contributed by atoms with Crippen LogP contribution in [-0.2, 0) is 0 Å². The van der Waals surface area contributed by atoms with Gasteiger partial charge in [-0.2, -0.15) is 0 Å². The lowest BCUT2D eigenvalue weighted by atomic mass is 10.1. The highest BCUT2D eigenvalue weighted by Gasteiger charge is 2.22. The molecule has 6 heteroatoms. The average molecular weight is 325 g/mol. The number of para-hydroxylation sites is 1. The van der Waals surface area contributed by atoms with Crippen molar-refractivity contribution in [3.8, 4) is 0 Å². The normalized spacial score (nSPS) is 15.2. The lowest BCUT2D eigenvalue weighted by Crippen LogP contribution is -2.46. The molecule has 126 valence electrons. The SMILES string of the molecule is Cc1cc(N2CCC(NC(=O)Nc3ccccc3)CC2)nc(C)n1. The number of carbonyl (C=O) groups excluding carboxylic acids is 1. The van der Waals surface area contributed by atoms with Crippen LogP contribution in [-0.4, -0.2) is 35.1 Å². The number of urea groups is 1. The van der Waals surface area contributed by atoms with E-state index in [0.29, 0.717) is 0 Å².